The minimum absolute atomic E-state index is 0.325. The van der Waals surface area contributed by atoms with Crippen LogP contribution in [-0.2, 0) is 6.42 Å². The fourth-order valence-electron chi connectivity index (χ4n) is 6.57. The highest BCUT2D eigenvalue weighted by Crippen LogP contribution is 2.34. The molecule has 44 heavy (non-hydrogen) atoms. The normalized spacial score (nSPS) is 16.4. The summed E-state index contributed by atoms with van der Waals surface area (Å²) in [5.74, 6) is 2.35. The molecule has 2 aromatic carbocycles. The molecule has 0 saturated heterocycles. The first-order valence-corrected chi connectivity index (χ1v) is 18.1. The van der Waals surface area contributed by atoms with Crippen LogP contribution in [0.2, 0.25) is 0 Å². The van der Waals surface area contributed by atoms with Crippen LogP contribution >= 0.6 is 0 Å². The maximum absolute atomic E-state index is 12.8. The Morgan fingerprint density at radius 3 is 1.91 bits per heavy atom. The number of rotatable bonds is 22. The lowest BCUT2D eigenvalue weighted by molar-refractivity contribution is 0.0734. The van der Waals surface area contributed by atoms with Crippen LogP contribution in [0.3, 0.4) is 0 Å². The molecule has 4 nitrogen and oxygen atoms in total. The summed E-state index contributed by atoms with van der Waals surface area (Å²) >= 11 is 0. The van der Waals surface area contributed by atoms with Gasteiger partial charge >= 0.3 is 5.97 Å². The van der Waals surface area contributed by atoms with E-state index in [-0.39, 0.29) is 0 Å². The van der Waals surface area contributed by atoms with Crippen molar-refractivity contribution in [1.82, 2.24) is 0 Å². The van der Waals surface area contributed by atoms with E-state index in [9.17, 15) is 10.1 Å². The first-order chi connectivity index (χ1) is 21.6. The van der Waals surface area contributed by atoms with Crippen molar-refractivity contribution in [3.63, 3.8) is 0 Å². The Balaban J connectivity index is 1.34. The van der Waals surface area contributed by atoms with Gasteiger partial charge in [-0.05, 0) is 73.1 Å². The highest BCUT2D eigenvalue weighted by molar-refractivity contribution is 5.91. The van der Waals surface area contributed by atoms with Gasteiger partial charge in [-0.3, -0.25) is 0 Å². The van der Waals surface area contributed by atoms with Gasteiger partial charge in [0, 0.05) is 0 Å². The molecule has 0 aromatic heterocycles. The molecule has 1 fully saturated rings. The number of esters is 1. The SMILES string of the molecule is CCCCCCCCCCCOc1ccc(C(=O)Oc2ccc(CCC3CCC(CCCCCCC)CC3)cc2C#N)cc1. The highest BCUT2D eigenvalue weighted by Gasteiger charge is 2.21. The van der Waals surface area contributed by atoms with Crippen molar-refractivity contribution in [3.8, 4) is 17.6 Å². The van der Waals surface area contributed by atoms with Gasteiger partial charge in [0.1, 0.15) is 17.6 Å². The van der Waals surface area contributed by atoms with Crippen molar-refractivity contribution in [1.29, 1.82) is 5.26 Å². The van der Waals surface area contributed by atoms with Crippen molar-refractivity contribution in [2.45, 2.75) is 149 Å². The number of aryl methyl sites for hydroxylation is 1. The van der Waals surface area contributed by atoms with E-state index in [0.29, 0.717) is 23.5 Å². The Labute approximate surface area is 268 Å². The van der Waals surface area contributed by atoms with Crippen molar-refractivity contribution in [3.05, 3.63) is 59.2 Å². The molecule has 242 valence electrons. The standard InChI is InChI=1S/C40H59NO3/c1-3-5-7-9-10-11-12-14-16-30-43-38-27-25-36(26-28-38)40(42)44-39-29-24-35(31-37(39)32-41)23-22-34-20-18-33(19-21-34)17-15-13-8-6-4-2/h24-29,31,33-34H,3-23,30H2,1-2H3. The molecule has 1 saturated carbocycles. The van der Waals surface area contributed by atoms with Crippen LogP contribution in [0, 0.1) is 23.2 Å². The van der Waals surface area contributed by atoms with Crippen molar-refractivity contribution in [2.75, 3.05) is 6.61 Å². The smallest absolute Gasteiger partial charge is 0.343 e. The van der Waals surface area contributed by atoms with Crippen LogP contribution in [0.5, 0.6) is 11.5 Å². The number of nitrogens with zero attached hydrogens (tertiary/aromatic N) is 1. The number of hydrogen-bond donors (Lipinski definition) is 0. The van der Waals surface area contributed by atoms with Gasteiger partial charge in [-0.1, -0.05) is 135 Å². The molecule has 0 aliphatic heterocycles. The molecule has 3 rings (SSSR count). The number of carbonyl (C=O) groups excluding carboxylic acids is 1. The van der Waals surface area contributed by atoms with Gasteiger partial charge < -0.3 is 9.47 Å². The Bertz CT molecular complexity index is 1090. The zero-order valence-corrected chi connectivity index (χ0v) is 27.9. The van der Waals surface area contributed by atoms with E-state index in [4.69, 9.17) is 9.47 Å². The molecule has 0 radical (unpaired) electrons. The summed E-state index contributed by atoms with van der Waals surface area (Å²) in [6.45, 7) is 5.23. The minimum Gasteiger partial charge on any atom is -0.494 e. The molecule has 0 bridgehead atoms. The summed E-state index contributed by atoms with van der Waals surface area (Å²) < 4.78 is 11.5. The predicted molar refractivity (Wildman–Crippen MR) is 182 cm³/mol. The van der Waals surface area contributed by atoms with E-state index in [1.165, 1.54) is 122 Å². The fraction of sp³-hybridized carbons (Fsp3) is 0.650. The van der Waals surface area contributed by atoms with Crippen LogP contribution in [0.1, 0.15) is 164 Å². The zero-order valence-electron chi connectivity index (χ0n) is 27.9. The van der Waals surface area contributed by atoms with Gasteiger partial charge in [0.15, 0.2) is 0 Å². The summed E-state index contributed by atoms with van der Waals surface area (Å²) in [6, 6.07) is 15.0. The van der Waals surface area contributed by atoms with E-state index in [0.717, 1.165) is 36.0 Å². The summed E-state index contributed by atoms with van der Waals surface area (Å²) in [4.78, 5) is 12.8. The lowest BCUT2D eigenvalue weighted by Crippen LogP contribution is -2.15. The van der Waals surface area contributed by atoms with Crippen LogP contribution in [0.15, 0.2) is 42.5 Å². The van der Waals surface area contributed by atoms with Gasteiger partial charge in [0.25, 0.3) is 0 Å². The Hall–Kier alpha value is -2.80. The minimum atomic E-state index is -0.457. The second-order valence-electron chi connectivity index (χ2n) is 13.2. The first kappa shape index (κ1) is 35.7. The summed E-state index contributed by atoms with van der Waals surface area (Å²) in [6.07, 6.45) is 27.5. The topological polar surface area (TPSA) is 59.3 Å². The summed E-state index contributed by atoms with van der Waals surface area (Å²) in [7, 11) is 0. The molecular weight excluding hydrogens is 542 g/mol. The van der Waals surface area contributed by atoms with Crippen molar-refractivity contribution >= 4 is 5.97 Å². The molecule has 0 atom stereocenters. The molecular formula is C40H59NO3. The third kappa shape index (κ3) is 13.9. The fourth-order valence-corrected chi connectivity index (χ4v) is 6.57. The molecule has 4 heteroatoms. The van der Waals surface area contributed by atoms with E-state index in [1.54, 1.807) is 18.2 Å². The van der Waals surface area contributed by atoms with Gasteiger partial charge in [0.2, 0.25) is 0 Å². The first-order valence-electron chi connectivity index (χ1n) is 18.1. The monoisotopic (exact) mass is 601 g/mol. The maximum atomic E-state index is 12.8. The highest BCUT2D eigenvalue weighted by atomic mass is 16.5. The van der Waals surface area contributed by atoms with Crippen molar-refractivity contribution < 1.29 is 14.3 Å². The largest absolute Gasteiger partial charge is 0.494 e. The lowest BCUT2D eigenvalue weighted by Gasteiger charge is -2.28. The molecule has 1 aliphatic rings. The third-order valence-electron chi connectivity index (χ3n) is 9.50. The number of nitriles is 1. The average Bonchev–Trinajstić information content (AvgIpc) is 3.05. The predicted octanol–water partition coefficient (Wildman–Crippen LogP) is 11.8. The molecule has 0 amide bonds. The lowest BCUT2D eigenvalue weighted by atomic mass is 9.77. The van der Waals surface area contributed by atoms with Gasteiger partial charge in [-0.2, -0.15) is 5.26 Å². The van der Waals surface area contributed by atoms with E-state index >= 15 is 0 Å². The van der Waals surface area contributed by atoms with Gasteiger partial charge in [0.05, 0.1) is 17.7 Å². The Kier molecular flexibility index (Phi) is 17.7. The Morgan fingerprint density at radius 1 is 0.727 bits per heavy atom. The average molecular weight is 602 g/mol. The van der Waals surface area contributed by atoms with Gasteiger partial charge in [-0.15, -0.1) is 0 Å². The maximum Gasteiger partial charge on any atom is 0.343 e. The molecule has 0 unspecified atom stereocenters. The molecule has 1 aliphatic carbocycles. The number of hydrogen-bond acceptors (Lipinski definition) is 4. The number of ether oxygens (including phenoxy) is 2. The van der Waals surface area contributed by atoms with E-state index in [1.807, 2.05) is 24.3 Å². The van der Waals surface area contributed by atoms with Crippen LogP contribution in [0.25, 0.3) is 0 Å². The molecule has 0 heterocycles. The quantitative estimate of drug-likeness (QED) is 0.0765. The van der Waals surface area contributed by atoms with Crippen LogP contribution in [0.4, 0.5) is 0 Å². The second-order valence-corrected chi connectivity index (χ2v) is 13.2. The zero-order chi connectivity index (χ0) is 31.2. The Morgan fingerprint density at radius 2 is 1.30 bits per heavy atom. The number of benzene rings is 2. The number of carbonyl (C=O) groups is 1. The van der Waals surface area contributed by atoms with Crippen molar-refractivity contribution in [2.24, 2.45) is 11.8 Å². The molecule has 2 aromatic rings. The summed E-state index contributed by atoms with van der Waals surface area (Å²) in [5.41, 5.74) is 2.02. The van der Waals surface area contributed by atoms with Gasteiger partial charge in [-0.25, -0.2) is 4.79 Å². The molecule has 0 spiro atoms. The second kappa shape index (κ2) is 21.8. The van der Waals surface area contributed by atoms with Crippen LogP contribution in [-0.4, -0.2) is 12.6 Å². The van der Waals surface area contributed by atoms with E-state index < -0.39 is 5.97 Å². The number of unbranched alkanes of at least 4 members (excludes halogenated alkanes) is 12. The van der Waals surface area contributed by atoms with E-state index in [2.05, 4.69) is 19.9 Å². The van der Waals surface area contributed by atoms with Crippen LogP contribution < -0.4 is 9.47 Å². The third-order valence-corrected chi connectivity index (χ3v) is 9.50. The summed E-state index contributed by atoms with van der Waals surface area (Å²) in [5, 5.41) is 9.76. The molecule has 0 N–H and O–H groups in total.